The summed E-state index contributed by atoms with van der Waals surface area (Å²) in [5.74, 6) is 0.839. The molecule has 5 nitrogen and oxygen atoms in total. The first kappa shape index (κ1) is 14.1. The highest BCUT2D eigenvalue weighted by molar-refractivity contribution is 5.92. The van der Waals surface area contributed by atoms with Crippen LogP contribution in [0.25, 0.3) is 0 Å². The highest BCUT2D eigenvalue weighted by atomic mass is 16.5. The van der Waals surface area contributed by atoms with Gasteiger partial charge in [0, 0.05) is 5.54 Å². The number of para-hydroxylation sites is 1. The maximum Gasteiger partial charge on any atom is 0.273 e. The van der Waals surface area contributed by atoms with Crippen molar-refractivity contribution in [2.45, 2.75) is 32.9 Å². The van der Waals surface area contributed by atoms with E-state index in [0.717, 1.165) is 5.75 Å². The first-order valence-electron chi connectivity index (χ1n) is 6.39. The van der Waals surface area contributed by atoms with Gasteiger partial charge in [0.1, 0.15) is 12.0 Å². The number of aromatic nitrogens is 1. The third kappa shape index (κ3) is 4.12. The summed E-state index contributed by atoms with van der Waals surface area (Å²) in [6.07, 6.45) is 1.34. The van der Waals surface area contributed by atoms with E-state index in [2.05, 4.69) is 10.3 Å². The lowest BCUT2D eigenvalue weighted by Gasteiger charge is -2.19. The van der Waals surface area contributed by atoms with Gasteiger partial charge < -0.3 is 14.5 Å². The normalized spacial score (nSPS) is 11.2. The van der Waals surface area contributed by atoms with E-state index < -0.39 is 0 Å². The topological polar surface area (TPSA) is 64.4 Å². The molecule has 0 aliphatic rings. The van der Waals surface area contributed by atoms with Crippen molar-refractivity contribution in [2.24, 2.45) is 0 Å². The fourth-order valence-corrected chi connectivity index (χ4v) is 1.55. The number of amides is 1. The Morgan fingerprint density at radius 2 is 2.00 bits per heavy atom. The van der Waals surface area contributed by atoms with Crippen LogP contribution in [0.15, 0.2) is 41.0 Å². The monoisotopic (exact) mass is 274 g/mol. The van der Waals surface area contributed by atoms with Crippen molar-refractivity contribution in [2.75, 3.05) is 0 Å². The Hall–Kier alpha value is -2.30. The van der Waals surface area contributed by atoms with Crippen LogP contribution in [0.5, 0.6) is 5.75 Å². The van der Waals surface area contributed by atoms with Crippen molar-refractivity contribution in [3.05, 3.63) is 48.2 Å². The van der Waals surface area contributed by atoms with E-state index in [9.17, 15) is 4.79 Å². The van der Waals surface area contributed by atoms with Crippen LogP contribution in [0, 0.1) is 0 Å². The molecule has 0 fully saturated rings. The minimum atomic E-state index is -0.309. The molecule has 0 aliphatic carbocycles. The summed E-state index contributed by atoms with van der Waals surface area (Å²) in [7, 11) is 0. The lowest BCUT2D eigenvalue weighted by molar-refractivity contribution is 0.0914. The second-order valence-corrected chi connectivity index (χ2v) is 5.43. The lowest BCUT2D eigenvalue weighted by atomic mass is 10.1. The lowest BCUT2D eigenvalue weighted by Crippen LogP contribution is -2.40. The fraction of sp³-hybridized carbons (Fsp3) is 0.333. The maximum absolute atomic E-state index is 11.9. The average Bonchev–Trinajstić information content (AvgIpc) is 2.84. The van der Waals surface area contributed by atoms with Gasteiger partial charge in [-0.1, -0.05) is 18.2 Å². The maximum atomic E-state index is 11.9. The molecule has 0 spiro atoms. The summed E-state index contributed by atoms with van der Waals surface area (Å²) >= 11 is 0. The molecule has 0 radical (unpaired) electrons. The van der Waals surface area contributed by atoms with Crippen LogP contribution in [-0.4, -0.2) is 16.4 Å². The quantitative estimate of drug-likeness (QED) is 0.931. The van der Waals surface area contributed by atoms with Gasteiger partial charge in [-0.25, -0.2) is 4.98 Å². The Bertz CT molecular complexity index is 570. The largest absolute Gasteiger partial charge is 0.484 e. The standard InChI is InChI=1S/C15H18N2O3/c1-15(2,3)17-14(18)12-9-20-13(16-12)10-19-11-7-5-4-6-8-11/h4-9H,10H2,1-3H3,(H,17,18). The molecule has 2 aromatic rings. The van der Waals surface area contributed by atoms with Crippen LogP contribution in [0.1, 0.15) is 37.2 Å². The average molecular weight is 274 g/mol. The van der Waals surface area contributed by atoms with Gasteiger partial charge in [-0.05, 0) is 32.9 Å². The smallest absolute Gasteiger partial charge is 0.273 e. The van der Waals surface area contributed by atoms with Crippen molar-refractivity contribution in [3.8, 4) is 5.75 Å². The van der Waals surface area contributed by atoms with Crippen molar-refractivity contribution in [1.82, 2.24) is 10.3 Å². The van der Waals surface area contributed by atoms with Gasteiger partial charge in [-0.2, -0.15) is 0 Å². The molecular formula is C15H18N2O3. The number of rotatable bonds is 4. The van der Waals surface area contributed by atoms with Gasteiger partial charge in [0.15, 0.2) is 12.3 Å². The number of nitrogens with one attached hydrogen (secondary N) is 1. The van der Waals surface area contributed by atoms with Crippen LogP contribution in [0.4, 0.5) is 0 Å². The second kappa shape index (κ2) is 5.77. The van der Waals surface area contributed by atoms with Crippen molar-refractivity contribution >= 4 is 5.91 Å². The van der Waals surface area contributed by atoms with E-state index in [-0.39, 0.29) is 23.7 Å². The van der Waals surface area contributed by atoms with E-state index in [1.165, 1.54) is 6.26 Å². The van der Waals surface area contributed by atoms with Gasteiger partial charge in [0.05, 0.1) is 0 Å². The number of carbonyl (C=O) groups is 1. The summed E-state index contributed by atoms with van der Waals surface area (Å²) in [6.45, 7) is 5.91. The molecule has 0 bridgehead atoms. The Labute approximate surface area is 118 Å². The molecule has 1 aromatic carbocycles. The van der Waals surface area contributed by atoms with E-state index >= 15 is 0 Å². The Morgan fingerprint density at radius 3 is 2.65 bits per heavy atom. The van der Waals surface area contributed by atoms with E-state index in [4.69, 9.17) is 9.15 Å². The third-order valence-corrected chi connectivity index (χ3v) is 2.38. The number of hydrogen-bond acceptors (Lipinski definition) is 4. The van der Waals surface area contributed by atoms with Gasteiger partial charge in [-0.3, -0.25) is 4.79 Å². The van der Waals surface area contributed by atoms with Crippen molar-refractivity contribution < 1.29 is 13.9 Å². The molecule has 5 heteroatoms. The number of benzene rings is 1. The number of nitrogens with zero attached hydrogens (tertiary/aromatic N) is 1. The molecule has 1 N–H and O–H groups in total. The molecule has 1 amide bonds. The van der Waals surface area contributed by atoms with Gasteiger partial charge >= 0.3 is 0 Å². The third-order valence-electron chi connectivity index (χ3n) is 2.38. The zero-order chi connectivity index (χ0) is 14.6. The van der Waals surface area contributed by atoms with Crippen LogP contribution < -0.4 is 10.1 Å². The van der Waals surface area contributed by atoms with E-state index in [1.54, 1.807) is 0 Å². The van der Waals surface area contributed by atoms with Crippen LogP contribution in [0.2, 0.25) is 0 Å². The summed E-state index contributed by atoms with van der Waals surface area (Å²) in [5.41, 5.74) is -0.0527. The number of carbonyl (C=O) groups excluding carboxylic acids is 1. The predicted octanol–water partition coefficient (Wildman–Crippen LogP) is 2.78. The number of ether oxygens (including phenoxy) is 1. The van der Waals surface area contributed by atoms with Crippen molar-refractivity contribution in [1.29, 1.82) is 0 Å². The molecule has 0 saturated heterocycles. The molecule has 0 aliphatic heterocycles. The minimum Gasteiger partial charge on any atom is -0.484 e. The molecule has 0 atom stereocenters. The predicted molar refractivity (Wildman–Crippen MR) is 74.5 cm³/mol. The summed E-state index contributed by atoms with van der Waals surface area (Å²) in [5, 5.41) is 2.82. The van der Waals surface area contributed by atoms with E-state index in [1.807, 2.05) is 51.1 Å². The number of hydrogen-bond donors (Lipinski definition) is 1. The van der Waals surface area contributed by atoms with Gasteiger partial charge in [0.25, 0.3) is 5.91 Å². The zero-order valence-electron chi connectivity index (χ0n) is 11.8. The number of oxazole rings is 1. The Kier molecular flexibility index (Phi) is 4.08. The zero-order valence-corrected chi connectivity index (χ0v) is 11.8. The molecule has 1 aromatic heterocycles. The molecule has 2 rings (SSSR count). The summed E-state index contributed by atoms with van der Waals surface area (Å²) in [6, 6.07) is 9.36. The van der Waals surface area contributed by atoms with E-state index in [0.29, 0.717) is 5.89 Å². The summed E-state index contributed by atoms with van der Waals surface area (Å²) in [4.78, 5) is 16.0. The van der Waals surface area contributed by atoms with Gasteiger partial charge in [0.2, 0.25) is 5.89 Å². The van der Waals surface area contributed by atoms with Crippen LogP contribution in [-0.2, 0) is 6.61 Å². The highest BCUT2D eigenvalue weighted by Crippen LogP contribution is 2.12. The highest BCUT2D eigenvalue weighted by Gasteiger charge is 2.18. The molecular weight excluding hydrogens is 256 g/mol. The first-order valence-corrected chi connectivity index (χ1v) is 6.39. The SMILES string of the molecule is CC(C)(C)NC(=O)c1coc(COc2ccccc2)n1. The molecule has 0 unspecified atom stereocenters. The van der Waals surface area contributed by atoms with Crippen LogP contribution >= 0.6 is 0 Å². The van der Waals surface area contributed by atoms with Crippen molar-refractivity contribution in [3.63, 3.8) is 0 Å². The fourth-order valence-electron chi connectivity index (χ4n) is 1.55. The molecule has 0 saturated carbocycles. The van der Waals surface area contributed by atoms with Gasteiger partial charge in [-0.15, -0.1) is 0 Å². The second-order valence-electron chi connectivity index (χ2n) is 5.43. The molecule has 20 heavy (non-hydrogen) atoms. The first-order chi connectivity index (χ1) is 9.44. The molecule has 106 valence electrons. The van der Waals surface area contributed by atoms with Crippen LogP contribution in [0.3, 0.4) is 0 Å². The Balaban J connectivity index is 1.94. The summed E-state index contributed by atoms with van der Waals surface area (Å²) < 4.78 is 10.7. The Morgan fingerprint density at radius 1 is 1.30 bits per heavy atom. The minimum absolute atomic E-state index is 0.187. The molecule has 1 heterocycles.